The van der Waals surface area contributed by atoms with Gasteiger partial charge in [0.1, 0.15) is 29.5 Å². The highest BCUT2D eigenvalue weighted by Crippen LogP contribution is 2.46. The van der Waals surface area contributed by atoms with Gasteiger partial charge in [0.05, 0.1) is 29.1 Å². The van der Waals surface area contributed by atoms with Crippen molar-refractivity contribution >= 4 is 40.2 Å². The number of aromatic nitrogens is 2. The maximum absolute atomic E-state index is 13.8. The van der Waals surface area contributed by atoms with Gasteiger partial charge in [0.25, 0.3) is 5.91 Å². The number of benzene rings is 1. The van der Waals surface area contributed by atoms with E-state index in [0.717, 1.165) is 4.88 Å². The van der Waals surface area contributed by atoms with Gasteiger partial charge >= 0.3 is 5.97 Å². The van der Waals surface area contributed by atoms with Gasteiger partial charge in [-0.3, -0.25) is 9.59 Å². The first-order valence-corrected chi connectivity index (χ1v) is 14.9. The summed E-state index contributed by atoms with van der Waals surface area (Å²) in [4.78, 5) is 51.9. The Morgan fingerprint density at radius 2 is 1.93 bits per heavy atom. The summed E-state index contributed by atoms with van der Waals surface area (Å²) in [6, 6.07) is 10.3. The van der Waals surface area contributed by atoms with Crippen LogP contribution in [0.5, 0.6) is 5.88 Å². The molecule has 1 aliphatic carbocycles. The van der Waals surface area contributed by atoms with Gasteiger partial charge in [-0.25, -0.2) is 14.8 Å². The Morgan fingerprint density at radius 1 is 1.21 bits per heavy atom. The molecule has 10 nitrogen and oxygen atoms in total. The van der Waals surface area contributed by atoms with E-state index in [2.05, 4.69) is 11.9 Å². The van der Waals surface area contributed by atoms with Crippen LogP contribution in [0.15, 0.2) is 54.4 Å². The Balaban J connectivity index is 1.45. The number of hydrogen-bond donors (Lipinski definition) is 2. The molecule has 2 fully saturated rings. The van der Waals surface area contributed by atoms with Crippen molar-refractivity contribution in [3.63, 3.8) is 0 Å². The number of aliphatic hydroxyl groups is 1. The fourth-order valence-electron chi connectivity index (χ4n) is 5.27. The summed E-state index contributed by atoms with van der Waals surface area (Å²) < 4.78 is 11.7. The van der Waals surface area contributed by atoms with Crippen molar-refractivity contribution in [1.82, 2.24) is 20.2 Å². The van der Waals surface area contributed by atoms with E-state index in [-0.39, 0.29) is 25.5 Å². The number of esters is 1. The predicted molar refractivity (Wildman–Crippen MR) is 159 cm³/mol. The van der Waals surface area contributed by atoms with E-state index in [1.54, 1.807) is 33.8 Å². The SMILES string of the molecule is C=C[C@@H]1C[C@]1(NC(=O)[C@@H]1C[C@@H](Oc2nc3ccccc3nc2-c2cccs2)CN1C(=O)[C@@H](O)C(C)(C)C)C(=O)OCC. The van der Waals surface area contributed by atoms with E-state index in [9.17, 15) is 19.5 Å². The average molecular weight is 593 g/mol. The van der Waals surface area contributed by atoms with Gasteiger partial charge in [-0.05, 0) is 42.3 Å². The first-order valence-electron chi connectivity index (χ1n) is 14.1. The molecule has 5 rings (SSSR count). The first kappa shape index (κ1) is 29.7. The quantitative estimate of drug-likeness (QED) is 0.284. The van der Waals surface area contributed by atoms with E-state index in [0.29, 0.717) is 29.0 Å². The Kier molecular flexibility index (Phi) is 8.08. The average Bonchev–Trinajstić information content (AvgIpc) is 3.27. The number of fused-ring (bicyclic) bond motifs is 1. The van der Waals surface area contributed by atoms with Crippen LogP contribution in [0.4, 0.5) is 0 Å². The van der Waals surface area contributed by atoms with Crippen LogP contribution in [0.25, 0.3) is 21.6 Å². The van der Waals surface area contributed by atoms with Crippen LogP contribution in [-0.2, 0) is 19.1 Å². The van der Waals surface area contributed by atoms with Crippen LogP contribution in [0, 0.1) is 11.3 Å². The molecule has 3 aromatic rings. The molecule has 1 aliphatic heterocycles. The van der Waals surface area contributed by atoms with E-state index in [1.807, 2.05) is 41.8 Å². The maximum Gasteiger partial charge on any atom is 0.332 e. The van der Waals surface area contributed by atoms with Gasteiger partial charge in [0.2, 0.25) is 11.8 Å². The van der Waals surface area contributed by atoms with Crippen molar-refractivity contribution in [3.8, 4) is 16.5 Å². The molecular weight excluding hydrogens is 556 g/mol. The molecule has 3 heterocycles. The maximum atomic E-state index is 13.8. The van der Waals surface area contributed by atoms with Crippen molar-refractivity contribution in [1.29, 1.82) is 0 Å². The van der Waals surface area contributed by atoms with Crippen molar-refractivity contribution in [3.05, 3.63) is 54.4 Å². The summed E-state index contributed by atoms with van der Waals surface area (Å²) in [5.41, 5.74) is -0.0491. The molecule has 0 radical (unpaired) electrons. The molecule has 2 aromatic heterocycles. The summed E-state index contributed by atoms with van der Waals surface area (Å²) >= 11 is 1.50. The van der Waals surface area contributed by atoms with Gasteiger partial charge in [0, 0.05) is 12.3 Å². The van der Waals surface area contributed by atoms with Crippen molar-refractivity contribution in [2.24, 2.45) is 11.3 Å². The van der Waals surface area contributed by atoms with Crippen molar-refractivity contribution in [2.45, 2.75) is 64.3 Å². The third-order valence-electron chi connectivity index (χ3n) is 7.76. The third kappa shape index (κ3) is 5.63. The number of likely N-dealkylation sites (tertiary alicyclic amines) is 1. The molecule has 5 atom stereocenters. The van der Waals surface area contributed by atoms with Crippen LogP contribution in [-0.4, -0.2) is 74.7 Å². The molecule has 0 unspecified atom stereocenters. The lowest BCUT2D eigenvalue weighted by molar-refractivity contribution is -0.152. The number of ether oxygens (including phenoxy) is 2. The number of amides is 2. The van der Waals surface area contributed by atoms with E-state index >= 15 is 0 Å². The monoisotopic (exact) mass is 592 g/mol. The number of carbonyl (C=O) groups is 3. The van der Waals surface area contributed by atoms with Gasteiger partial charge in [-0.15, -0.1) is 17.9 Å². The zero-order valence-electron chi connectivity index (χ0n) is 24.2. The van der Waals surface area contributed by atoms with Gasteiger partial charge < -0.3 is 24.8 Å². The molecule has 1 aromatic carbocycles. The van der Waals surface area contributed by atoms with E-state index in [4.69, 9.17) is 19.4 Å². The molecule has 1 saturated carbocycles. The summed E-state index contributed by atoms with van der Waals surface area (Å²) in [6.45, 7) is 10.9. The summed E-state index contributed by atoms with van der Waals surface area (Å²) in [5.74, 6) is -1.62. The second-order valence-electron chi connectivity index (χ2n) is 11.8. The molecule has 222 valence electrons. The lowest BCUT2D eigenvalue weighted by atomic mass is 9.88. The number of nitrogens with zero attached hydrogens (tertiary/aromatic N) is 3. The first-order chi connectivity index (χ1) is 20.0. The zero-order valence-corrected chi connectivity index (χ0v) is 25.0. The predicted octanol–water partition coefficient (Wildman–Crippen LogP) is 3.74. The molecular formula is C31H36N4O6S. The summed E-state index contributed by atoms with van der Waals surface area (Å²) in [5, 5.41) is 15.7. The highest BCUT2D eigenvalue weighted by molar-refractivity contribution is 7.13. The highest BCUT2D eigenvalue weighted by atomic mass is 32.1. The van der Waals surface area contributed by atoms with Crippen LogP contribution in [0.1, 0.15) is 40.5 Å². The summed E-state index contributed by atoms with van der Waals surface area (Å²) in [6.07, 6.45) is 0.135. The van der Waals surface area contributed by atoms with E-state index < -0.39 is 47.0 Å². The minimum atomic E-state index is -1.35. The fraction of sp³-hybridized carbons (Fsp3) is 0.452. The number of nitrogens with one attached hydrogen (secondary N) is 1. The van der Waals surface area contributed by atoms with Crippen molar-refractivity contribution < 1.29 is 29.0 Å². The van der Waals surface area contributed by atoms with Crippen LogP contribution in [0.2, 0.25) is 0 Å². The van der Waals surface area contributed by atoms with Crippen LogP contribution in [0.3, 0.4) is 0 Å². The van der Waals surface area contributed by atoms with Gasteiger partial charge in [0.15, 0.2) is 0 Å². The molecule has 42 heavy (non-hydrogen) atoms. The van der Waals surface area contributed by atoms with Crippen molar-refractivity contribution in [2.75, 3.05) is 13.2 Å². The lowest BCUT2D eigenvalue weighted by Crippen LogP contribution is -2.55. The lowest BCUT2D eigenvalue weighted by Gasteiger charge is -2.32. The minimum Gasteiger partial charge on any atom is -0.471 e. The second-order valence-corrected chi connectivity index (χ2v) is 12.8. The Labute approximate surface area is 248 Å². The number of para-hydroxylation sites is 2. The zero-order chi connectivity index (χ0) is 30.2. The number of thiophene rings is 1. The number of aliphatic hydroxyl groups excluding tert-OH is 1. The topological polar surface area (TPSA) is 131 Å². The Hall–Kier alpha value is -3.83. The minimum absolute atomic E-state index is 0.0414. The molecule has 11 heteroatoms. The molecule has 0 bridgehead atoms. The summed E-state index contributed by atoms with van der Waals surface area (Å²) in [7, 11) is 0. The third-order valence-corrected chi connectivity index (χ3v) is 8.64. The highest BCUT2D eigenvalue weighted by Gasteiger charge is 2.62. The van der Waals surface area contributed by atoms with Crippen LogP contribution < -0.4 is 10.1 Å². The normalized spacial score (nSPS) is 24.2. The second kappa shape index (κ2) is 11.4. The standard InChI is InChI=1S/C31H36N4O6S/c1-6-18-16-31(18,29(39)40-7-2)34-26(37)22-15-19(17-35(22)28(38)25(36)30(3,4)5)41-27-24(23-13-10-14-42-23)32-20-11-8-9-12-21(20)33-27/h6,8-14,18-19,22,25,36H,1,7,15-17H2,2-5H3,(H,34,37)/t18-,19-,22+,25-,31-/m1/s1. The fourth-order valence-corrected chi connectivity index (χ4v) is 5.97. The Morgan fingerprint density at radius 3 is 2.52 bits per heavy atom. The number of rotatable bonds is 9. The molecule has 1 saturated heterocycles. The Bertz CT molecular complexity index is 1500. The van der Waals surface area contributed by atoms with Crippen LogP contribution >= 0.6 is 11.3 Å². The van der Waals surface area contributed by atoms with Gasteiger partial charge in [-0.1, -0.05) is 45.0 Å². The number of carbonyl (C=O) groups excluding carboxylic acids is 3. The van der Waals surface area contributed by atoms with Gasteiger partial charge in [-0.2, -0.15) is 0 Å². The molecule has 2 aliphatic rings. The van der Waals surface area contributed by atoms with E-state index in [1.165, 1.54) is 16.2 Å². The smallest absolute Gasteiger partial charge is 0.332 e. The largest absolute Gasteiger partial charge is 0.471 e. The molecule has 2 N–H and O–H groups in total. The molecule has 0 spiro atoms. The number of hydrogen-bond acceptors (Lipinski definition) is 9. The molecule has 2 amide bonds.